The molecule has 1 atom stereocenters. The Labute approximate surface area is 197 Å². The van der Waals surface area contributed by atoms with E-state index in [0.717, 1.165) is 35.9 Å². The van der Waals surface area contributed by atoms with Gasteiger partial charge < -0.3 is 10.3 Å². The number of aromatic nitrogens is 3. The molecule has 0 fully saturated rings. The molecule has 7 heteroatoms. The van der Waals surface area contributed by atoms with Crippen molar-refractivity contribution in [2.24, 2.45) is 0 Å². The molecular formula is C26H28N4O2S. The maximum atomic E-state index is 13.1. The number of benzene rings is 2. The van der Waals surface area contributed by atoms with E-state index in [1.807, 2.05) is 24.4 Å². The molecule has 0 saturated carbocycles. The van der Waals surface area contributed by atoms with Crippen LogP contribution in [0.3, 0.4) is 0 Å². The molecule has 2 aromatic carbocycles. The van der Waals surface area contributed by atoms with E-state index in [9.17, 15) is 9.59 Å². The monoisotopic (exact) mass is 460 g/mol. The van der Waals surface area contributed by atoms with E-state index in [2.05, 4.69) is 50.6 Å². The number of hydrogen-bond acceptors (Lipinski definition) is 5. The lowest BCUT2D eigenvalue weighted by Crippen LogP contribution is -2.22. The van der Waals surface area contributed by atoms with Gasteiger partial charge in [-0.25, -0.2) is 9.97 Å². The second-order valence-electron chi connectivity index (χ2n) is 8.11. The van der Waals surface area contributed by atoms with Gasteiger partial charge in [-0.15, -0.1) is 11.3 Å². The zero-order chi connectivity index (χ0) is 23.0. The van der Waals surface area contributed by atoms with E-state index in [0.29, 0.717) is 36.0 Å². The van der Waals surface area contributed by atoms with Crippen LogP contribution in [0, 0.1) is 0 Å². The van der Waals surface area contributed by atoms with Crippen LogP contribution in [0.1, 0.15) is 57.2 Å². The van der Waals surface area contributed by atoms with Crippen LogP contribution in [0.5, 0.6) is 0 Å². The number of carbonyl (C=O) groups is 2. The minimum atomic E-state index is -0.412. The third kappa shape index (κ3) is 5.93. The number of unbranched alkanes of at least 4 members (excludes halogenated alkanes) is 2. The first-order chi connectivity index (χ1) is 16.1. The van der Waals surface area contributed by atoms with E-state index in [-0.39, 0.29) is 5.91 Å². The number of thiazole rings is 1. The van der Waals surface area contributed by atoms with Crippen molar-refractivity contribution in [1.29, 1.82) is 0 Å². The second kappa shape index (κ2) is 11.0. The van der Waals surface area contributed by atoms with Gasteiger partial charge in [0, 0.05) is 30.0 Å². The third-order valence-electron chi connectivity index (χ3n) is 5.81. The molecule has 2 aromatic heterocycles. The predicted molar refractivity (Wildman–Crippen MR) is 133 cm³/mol. The third-order valence-corrected chi connectivity index (χ3v) is 6.50. The molecule has 0 spiro atoms. The molecule has 2 heterocycles. The van der Waals surface area contributed by atoms with Crippen molar-refractivity contribution < 1.29 is 9.59 Å². The summed E-state index contributed by atoms with van der Waals surface area (Å²) >= 11 is 1.39. The van der Waals surface area contributed by atoms with Gasteiger partial charge in [0.05, 0.1) is 17.8 Å². The SMILES string of the molecule is CCC(=O)CCCCCC(C(=O)Nc1nccs1)c1ncc(-c2ccc3ccccc3c2)[nH]1. The number of amides is 1. The minimum absolute atomic E-state index is 0.117. The highest BCUT2D eigenvalue weighted by molar-refractivity contribution is 7.13. The molecule has 0 aliphatic carbocycles. The lowest BCUT2D eigenvalue weighted by Gasteiger charge is -2.14. The summed E-state index contributed by atoms with van der Waals surface area (Å²) < 4.78 is 0. The molecule has 33 heavy (non-hydrogen) atoms. The number of hydrogen-bond donors (Lipinski definition) is 2. The summed E-state index contributed by atoms with van der Waals surface area (Å²) in [5.41, 5.74) is 1.92. The lowest BCUT2D eigenvalue weighted by atomic mass is 9.98. The van der Waals surface area contributed by atoms with Crippen LogP contribution in [0.15, 0.2) is 60.2 Å². The van der Waals surface area contributed by atoms with Gasteiger partial charge >= 0.3 is 0 Å². The molecule has 0 saturated heterocycles. The van der Waals surface area contributed by atoms with Crippen LogP contribution in [0.25, 0.3) is 22.0 Å². The number of nitrogens with zero attached hydrogens (tertiary/aromatic N) is 2. The zero-order valence-corrected chi connectivity index (χ0v) is 19.5. The Morgan fingerprint density at radius 3 is 2.70 bits per heavy atom. The zero-order valence-electron chi connectivity index (χ0n) is 18.7. The Morgan fingerprint density at radius 2 is 1.91 bits per heavy atom. The lowest BCUT2D eigenvalue weighted by molar-refractivity contribution is -0.119. The van der Waals surface area contributed by atoms with Crippen molar-refractivity contribution in [3.63, 3.8) is 0 Å². The molecule has 4 rings (SSSR count). The molecule has 6 nitrogen and oxygen atoms in total. The Kier molecular flexibility index (Phi) is 7.62. The van der Waals surface area contributed by atoms with Crippen molar-refractivity contribution in [1.82, 2.24) is 15.0 Å². The van der Waals surface area contributed by atoms with Crippen molar-refractivity contribution in [3.8, 4) is 11.3 Å². The standard InChI is InChI=1S/C26H28N4O2S/c1-2-21(31)10-4-3-5-11-22(25(32)30-26-27-14-15-33-26)24-28-17-23(29-24)20-13-12-18-8-6-7-9-19(18)16-20/h6-9,12-17,22H,2-5,10-11H2,1H3,(H,28,29)(H,27,30,32). The number of nitrogens with one attached hydrogen (secondary N) is 2. The molecule has 0 bridgehead atoms. The van der Waals surface area contributed by atoms with E-state index < -0.39 is 5.92 Å². The second-order valence-corrected chi connectivity index (χ2v) is 9.01. The van der Waals surface area contributed by atoms with Gasteiger partial charge in [-0.3, -0.25) is 9.59 Å². The smallest absolute Gasteiger partial charge is 0.236 e. The molecule has 4 aromatic rings. The maximum Gasteiger partial charge on any atom is 0.236 e. The molecule has 0 radical (unpaired) electrons. The summed E-state index contributed by atoms with van der Waals surface area (Å²) in [5, 5.41) is 7.67. The maximum absolute atomic E-state index is 13.1. The van der Waals surface area contributed by atoms with Crippen LogP contribution in [0.2, 0.25) is 0 Å². The first kappa shape index (κ1) is 22.9. The van der Waals surface area contributed by atoms with Gasteiger partial charge in [-0.05, 0) is 29.7 Å². The molecule has 0 aliphatic rings. The van der Waals surface area contributed by atoms with E-state index >= 15 is 0 Å². The fourth-order valence-corrected chi connectivity index (χ4v) is 4.44. The van der Waals surface area contributed by atoms with E-state index in [1.54, 1.807) is 12.4 Å². The summed E-state index contributed by atoms with van der Waals surface area (Å²) in [6, 6.07) is 14.5. The summed E-state index contributed by atoms with van der Waals surface area (Å²) in [6.45, 7) is 1.89. The quantitative estimate of drug-likeness (QED) is 0.256. The molecule has 170 valence electrons. The first-order valence-electron chi connectivity index (χ1n) is 11.4. The Morgan fingerprint density at radius 1 is 1.06 bits per heavy atom. The van der Waals surface area contributed by atoms with Crippen molar-refractivity contribution in [3.05, 3.63) is 66.1 Å². The number of H-pyrrole nitrogens is 1. The van der Waals surface area contributed by atoms with Gasteiger partial charge in [0.1, 0.15) is 11.6 Å². The number of fused-ring (bicyclic) bond motifs is 1. The number of rotatable bonds is 11. The van der Waals surface area contributed by atoms with Crippen molar-refractivity contribution in [2.75, 3.05) is 5.32 Å². The van der Waals surface area contributed by atoms with Crippen LogP contribution in [0.4, 0.5) is 5.13 Å². The van der Waals surface area contributed by atoms with Crippen LogP contribution >= 0.6 is 11.3 Å². The fraction of sp³-hybridized carbons (Fsp3) is 0.308. The van der Waals surface area contributed by atoms with Gasteiger partial charge in [-0.1, -0.05) is 56.2 Å². The Hall–Kier alpha value is -3.32. The summed E-state index contributed by atoms with van der Waals surface area (Å²) in [4.78, 5) is 36.8. The average molecular weight is 461 g/mol. The van der Waals surface area contributed by atoms with Crippen LogP contribution in [-0.2, 0) is 9.59 Å². The molecule has 2 N–H and O–H groups in total. The number of anilines is 1. The van der Waals surface area contributed by atoms with E-state index in [4.69, 9.17) is 0 Å². The Bertz CT molecular complexity index is 1220. The van der Waals surface area contributed by atoms with Gasteiger partial charge in [0.15, 0.2) is 5.13 Å². The highest BCUT2D eigenvalue weighted by Gasteiger charge is 2.24. The average Bonchev–Trinajstić information content (AvgIpc) is 3.53. The number of imidazole rings is 1. The normalized spacial score (nSPS) is 12.0. The summed E-state index contributed by atoms with van der Waals surface area (Å²) in [7, 11) is 0. The van der Waals surface area contributed by atoms with Crippen molar-refractivity contribution >= 4 is 38.9 Å². The number of Topliss-reactive ketones (excluding diaryl/α,β-unsaturated/α-hetero) is 1. The van der Waals surface area contributed by atoms with E-state index in [1.165, 1.54) is 16.7 Å². The van der Waals surface area contributed by atoms with Crippen LogP contribution in [-0.4, -0.2) is 26.6 Å². The number of carbonyl (C=O) groups excluding carboxylic acids is 2. The van der Waals surface area contributed by atoms with Gasteiger partial charge in [-0.2, -0.15) is 0 Å². The molecule has 1 unspecified atom stereocenters. The fourth-order valence-electron chi connectivity index (χ4n) is 3.91. The first-order valence-corrected chi connectivity index (χ1v) is 12.3. The van der Waals surface area contributed by atoms with Gasteiger partial charge in [0.25, 0.3) is 0 Å². The number of ketones is 1. The molecule has 1 amide bonds. The highest BCUT2D eigenvalue weighted by atomic mass is 32.1. The Balaban J connectivity index is 1.49. The van der Waals surface area contributed by atoms with Crippen molar-refractivity contribution in [2.45, 2.75) is 51.4 Å². The highest BCUT2D eigenvalue weighted by Crippen LogP contribution is 2.28. The molecule has 0 aliphatic heterocycles. The number of aromatic amines is 1. The summed E-state index contributed by atoms with van der Waals surface area (Å²) in [5.74, 6) is 0.412. The molecular weight excluding hydrogens is 432 g/mol. The predicted octanol–water partition coefficient (Wildman–Crippen LogP) is 6.34. The van der Waals surface area contributed by atoms with Gasteiger partial charge in [0.2, 0.25) is 5.91 Å². The topological polar surface area (TPSA) is 87.7 Å². The summed E-state index contributed by atoms with van der Waals surface area (Å²) in [6.07, 6.45) is 7.93. The van der Waals surface area contributed by atoms with Crippen LogP contribution < -0.4 is 5.32 Å². The largest absolute Gasteiger partial charge is 0.341 e. The minimum Gasteiger partial charge on any atom is -0.341 e.